The van der Waals surface area contributed by atoms with Crippen LogP contribution in [0.25, 0.3) is 0 Å². The minimum absolute atomic E-state index is 0.309. The second-order valence-corrected chi connectivity index (χ2v) is 5.75. The van der Waals surface area contributed by atoms with Gasteiger partial charge in [-0.15, -0.1) is 0 Å². The van der Waals surface area contributed by atoms with Gasteiger partial charge in [-0.3, -0.25) is 0 Å². The Morgan fingerprint density at radius 2 is 1.82 bits per heavy atom. The lowest BCUT2D eigenvalue weighted by atomic mass is 10.0. The summed E-state index contributed by atoms with van der Waals surface area (Å²) in [5, 5.41) is 0.788. The van der Waals surface area contributed by atoms with E-state index in [1.54, 1.807) is 0 Å². The molecule has 0 saturated heterocycles. The lowest BCUT2D eigenvalue weighted by Crippen LogP contribution is -1.95. The molecule has 2 aromatic carbocycles. The van der Waals surface area contributed by atoms with Gasteiger partial charge in [-0.25, -0.2) is 0 Å². The third-order valence-electron chi connectivity index (χ3n) is 2.75. The van der Waals surface area contributed by atoms with E-state index in [9.17, 15) is 0 Å². The van der Waals surface area contributed by atoms with Gasteiger partial charge in [-0.2, -0.15) is 0 Å². The maximum atomic E-state index is 5.99. The van der Waals surface area contributed by atoms with Gasteiger partial charge in [0, 0.05) is 9.85 Å². The van der Waals surface area contributed by atoms with Gasteiger partial charge in [0.1, 0.15) is 0 Å². The van der Waals surface area contributed by atoms with Gasteiger partial charge in [0.2, 0.25) is 0 Å². The van der Waals surface area contributed by atoms with E-state index in [0.29, 0.717) is 4.83 Å². The molecule has 0 radical (unpaired) electrons. The highest BCUT2D eigenvalue weighted by molar-refractivity contribution is 9.09. The molecule has 17 heavy (non-hydrogen) atoms. The standard InChI is InChI=1S/C15H14BrCl/c1-11-5-7-12(8-6-11)9-15(16)13-3-2-4-14(17)10-13/h2-8,10,15H,9H2,1H3. The van der Waals surface area contributed by atoms with E-state index in [4.69, 9.17) is 11.6 Å². The highest BCUT2D eigenvalue weighted by Gasteiger charge is 2.08. The lowest BCUT2D eigenvalue weighted by Gasteiger charge is -2.11. The molecule has 0 N–H and O–H groups in total. The zero-order valence-electron chi connectivity index (χ0n) is 9.66. The van der Waals surface area contributed by atoms with Crippen molar-refractivity contribution in [3.8, 4) is 0 Å². The Morgan fingerprint density at radius 3 is 2.47 bits per heavy atom. The van der Waals surface area contributed by atoms with E-state index in [-0.39, 0.29) is 0 Å². The van der Waals surface area contributed by atoms with E-state index in [0.717, 1.165) is 11.4 Å². The molecular formula is C15H14BrCl. The smallest absolute Gasteiger partial charge is 0.0436 e. The fourth-order valence-corrected chi connectivity index (χ4v) is 2.61. The SMILES string of the molecule is Cc1ccc(CC(Br)c2cccc(Cl)c2)cc1. The van der Waals surface area contributed by atoms with Gasteiger partial charge < -0.3 is 0 Å². The van der Waals surface area contributed by atoms with Crippen LogP contribution in [-0.4, -0.2) is 0 Å². The van der Waals surface area contributed by atoms with Crippen molar-refractivity contribution in [2.75, 3.05) is 0 Å². The molecule has 2 heteroatoms. The third-order valence-corrected chi connectivity index (χ3v) is 3.83. The molecule has 0 amide bonds. The number of benzene rings is 2. The van der Waals surface area contributed by atoms with Crippen molar-refractivity contribution in [2.24, 2.45) is 0 Å². The maximum absolute atomic E-state index is 5.99. The van der Waals surface area contributed by atoms with Crippen molar-refractivity contribution in [3.05, 3.63) is 70.2 Å². The summed E-state index contributed by atoms with van der Waals surface area (Å²) in [6.45, 7) is 2.10. The van der Waals surface area contributed by atoms with Gasteiger partial charge in [0.25, 0.3) is 0 Å². The molecule has 2 aromatic rings. The van der Waals surface area contributed by atoms with Crippen LogP contribution in [0.5, 0.6) is 0 Å². The summed E-state index contributed by atoms with van der Waals surface area (Å²) in [5.41, 5.74) is 3.85. The van der Waals surface area contributed by atoms with Crippen LogP contribution in [0.2, 0.25) is 5.02 Å². The number of alkyl halides is 1. The summed E-state index contributed by atoms with van der Waals surface area (Å²) < 4.78 is 0. The number of halogens is 2. The Bertz CT molecular complexity index is 491. The first kappa shape index (κ1) is 12.7. The van der Waals surface area contributed by atoms with Crippen LogP contribution in [0.1, 0.15) is 21.5 Å². The van der Waals surface area contributed by atoms with Gasteiger partial charge in [-0.05, 0) is 36.6 Å². The molecule has 0 aliphatic carbocycles. The molecule has 0 saturated carbocycles. The monoisotopic (exact) mass is 308 g/mol. The summed E-state index contributed by atoms with van der Waals surface area (Å²) in [6.07, 6.45) is 0.973. The predicted octanol–water partition coefficient (Wildman–Crippen LogP) is 5.33. The second kappa shape index (κ2) is 5.70. The highest BCUT2D eigenvalue weighted by Crippen LogP contribution is 2.28. The summed E-state index contributed by atoms with van der Waals surface area (Å²) >= 11 is 9.71. The third kappa shape index (κ3) is 3.58. The van der Waals surface area contributed by atoms with Crippen molar-refractivity contribution in [2.45, 2.75) is 18.2 Å². The van der Waals surface area contributed by atoms with Crippen LogP contribution in [0, 0.1) is 6.92 Å². The highest BCUT2D eigenvalue weighted by atomic mass is 79.9. The van der Waals surface area contributed by atoms with Crippen molar-refractivity contribution in [3.63, 3.8) is 0 Å². The molecule has 0 heterocycles. The van der Waals surface area contributed by atoms with Gasteiger partial charge in [0.15, 0.2) is 0 Å². The molecule has 0 aromatic heterocycles. The number of aryl methyl sites for hydroxylation is 1. The maximum Gasteiger partial charge on any atom is 0.0436 e. The number of rotatable bonds is 3. The minimum atomic E-state index is 0.309. The Labute approximate surface area is 116 Å². The quantitative estimate of drug-likeness (QED) is 0.672. The van der Waals surface area contributed by atoms with Crippen molar-refractivity contribution in [1.82, 2.24) is 0 Å². The van der Waals surface area contributed by atoms with Crippen molar-refractivity contribution in [1.29, 1.82) is 0 Å². The van der Waals surface area contributed by atoms with E-state index in [1.807, 2.05) is 18.2 Å². The van der Waals surface area contributed by atoms with Gasteiger partial charge in [0.05, 0.1) is 0 Å². The van der Waals surface area contributed by atoms with E-state index in [1.165, 1.54) is 16.7 Å². The number of hydrogen-bond acceptors (Lipinski definition) is 0. The van der Waals surface area contributed by atoms with Gasteiger partial charge in [-0.1, -0.05) is 69.5 Å². The molecule has 0 spiro atoms. The second-order valence-electron chi connectivity index (χ2n) is 4.21. The predicted molar refractivity (Wildman–Crippen MR) is 78.0 cm³/mol. The normalized spacial score (nSPS) is 12.4. The molecule has 2 rings (SSSR count). The Balaban J connectivity index is 2.11. The van der Waals surface area contributed by atoms with E-state index < -0.39 is 0 Å². The Hall–Kier alpha value is -0.790. The molecule has 0 aliphatic rings. The molecule has 88 valence electrons. The minimum Gasteiger partial charge on any atom is -0.0843 e. The van der Waals surface area contributed by atoms with Crippen molar-refractivity contribution >= 4 is 27.5 Å². The first-order chi connectivity index (χ1) is 8.15. The molecule has 0 bridgehead atoms. The summed E-state index contributed by atoms with van der Waals surface area (Å²) in [7, 11) is 0. The van der Waals surface area contributed by atoms with Crippen LogP contribution >= 0.6 is 27.5 Å². The van der Waals surface area contributed by atoms with Crippen molar-refractivity contribution < 1.29 is 0 Å². The first-order valence-electron chi connectivity index (χ1n) is 5.60. The van der Waals surface area contributed by atoms with Gasteiger partial charge >= 0.3 is 0 Å². The summed E-state index contributed by atoms with van der Waals surface area (Å²) in [4.78, 5) is 0.309. The van der Waals surface area contributed by atoms with Crippen LogP contribution in [-0.2, 0) is 6.42 Å². The summed E-state index contributed by atoms with van der Waals surface area (Å²) in [5.74, 6) is 0. The van der Waals surface area contributed by atoms with E-state index in [2.05, 4.69) is 53.2 Å². The first-order valence-corrected chi connectivity index (χ1v) is 6.89. The number of hydrogen-bond donors (Lipinski definition) is 0. The fourth-order valence-electron chi connectivity index (χ4n) is 1.75. The molecule has 0 fully saturated rings. The zero-order chi connectivity index (χ0) is 12.3. The average molecular weight is 310 g/mol. The zero-order valence-corrected chi connectivity index (χ0v) is 12.0. The fraction of sp³-hybridized carbons (Fsp3) is 0.200. The Morgan fingerprint density at radius 1 is 1.12 bits per heavy atom. The van der Waals surface area contributed by atoms with Crippen LogP contribution in [0.3, 0.4) is 0 Å². The van der Waals surface area contributed by atoms with Crippen LogP contribution < -0.4 is 0 Å². The lowest BCUT2D eigenvalue weighted by molar-refractivity contribution is 0.948. The molecule has 0 aliphatic heterocycles. The molecule has 1 atom stereocenters. The summed E-state index contributed by atoms with van der Waals surface area (Å²) in [6, 6.07) is 16.6. The topological polar surface area (TPSA) is 0 Å². The van der Waals surface area contributed by atoms with Crippen LogP contribution in [0.15, 0.2) is 48.5 Å². The molecule has 0 nitrogen and oxygen atoms in total. The largest absolute Gasteiger partial charge is 0.0843 e. The Kier molecular flexibility index (Phi) is 4.25. The molecule has 1 unspecified atom stereocenters. The molecular weight excluding hydrogens is 296 g/mol. The van der Waals surface area contributed by atoms with Crippen LogP contribution in [0.4, 0.5) is 0 Å². The average Bonchev–Trinajstić information content (AvgIpc) is 2.32. The van der Waals surface area contributed by atoms with E-state index >= 15 is 0 Å².